The van der Waals surface area contributed by atoms with Gasteiger partial charge in [0.05, 0.1) is 0 Å². The van der Waals surface area contributed by atoms with Crippen molar-refractivity contribution in [1.82, 2.24) is 10.6 Å². The molecular weight excluding hydrogens is 330 g/mol. The summed E-state index contributed by atoms with van der Waals surface area (Å²) in [4.78, 5) is 4.31. The lowest BCUT2D eigenvalue weighted by atomic mass is 9.83. The van der Waals surface area contributed by atoms with Gasteiger partial charge in [0.15, 0.2) is 5.96 Å². The molecule has 2 rings (SSSR count). The number of rotatable bonds is 8. The largest absolute Gasteiger partial charge is 0.355 e. The lowest BCUT2D eigenvalue weighted by molar-refractivity contribution is 0.295. The summed E-state index contributed by atoms with van der Waals surface area (Å²) in [5.74, 6) is 3.02. The third-order valence-electron chi connectivity index (χ3n) is 4.90. The maximum absolute atomic E-state index is 12.2. The molecule has 1 atom stereocenters. The highest BCUT2D eigenvalue weighted by Crippen LogP contribution is 2.27. The molecule has 1 aromatic carbocycles. The molecule has 25 heavy (non-hydrogen) atoms. The molecule has 140 valence electrons. The van der Waals surface area contributed by atoms with Crippen LogP contribution in [0.2, 0.25) is 0 Å². The van der Waals surface area contributed by atoms with Crippen LogP contribution in [0.4, 0.5) is 0 Å². The van der Waals surface area contributed by atoms with E-state index in [0.29, 0.717) is 24.1 Å². The van der Waals surface area contributed by atoms with Crippen LogP contribution in [-0.4, -0.2) is 35.6 Å². The van der Waals surface area contributed by atoms with Crippen LogP contribution in [0, 0.1) is 5.92 Å². The maximum atomic E-state index is 12.2. The molecule has 1 unspecified atom stereocenters. The normalized spacial score (nSPS) is 22.4. The van der Waals surface area contributed by atoms with Crippen LogP contribution in [0.1, 0.15) is 51.0 Å². The number of nitrogens with one attached hydrogen (secondary N) is 2. The van der Waals surface area contributed by atoms with Gasteiger partial charge in [0.1, 0.15) is 0 Å². The molecular formula is C20H33N3OS. The van der Waals surface area contributed by atoms with E-state index >= 15 is 0 Å². The summed E-state index contributed by atoms with van der Waals surface area (Å²) >= 11 is 0. The summed E-state index contributed by atoms with van der Waals surface area (Å²) < 4.78 is 12.2. The summed E-state index contributed by atoms with van der Waals surface area (Å²) in [7, 11) is 0.956. The molecule has 0 bridgehead atoms. The minimum atomic E-state index is -0.849. The minimum absolute atomic E-state index is 0.522. The van der Waals surface area contributed by atoms with Crippen LogP contribution in [0.3, 0.4) is 0 Å². The second kappa shape index (κ2) is 11.3. The van der Waals surface area contributed by atoms with Crippen molar-refractivity contribution in [2.75, 3.05) is 19.3 Å². The first-order valence-corrected chi connectivity index (χ1v) is 11.1. The van der Waals surface area contributed by atoms with Crippen molar-refractivity contribution in [3.05, 3.63) is 35.9 Å². The standard InChI is InChI=1S/C20H33N3OS/c1-3-7-17-10-12-19(13-11-17)23-20(21-2)22-14-15-25(24)16-18-8-5-4-6-9-18/h4-6,8-9,17,19H,3,7,10-16H2,1-2H3,(H2,21,22,23). The van der Waals surface area contributed by atoms with Crippen molar-refractivity contribution in [1.29, 1.82) is 0 Å². The average Bonchev–Trinajstić information content (AvgIpc) is 2.63. The van der Waals surface area contributed by atoms with Gasteiger partial charge in [-0.25, -0.2) is 0 Å². The van der Waals surface area contributed by atoms with E-state index in [4.69, 9.17) is 0 Å². The predicted molar refractivity (Wildman–Crippen MR) is 108 cm³/mol. The van der Waals surface area contributed by atoms with Gasteiger partial charge in [-0.05, 0) is 37.2 Å². The lowest BCUT2D eigenvalue weighted by Gasteiger charge is -2.30. The van der Waals surface area contributed by atoms with E-state index in [1.54, 1.807) is 7.05 Å². The van der Waals surface area contributed by atoms with Gasteiger partial charge in [-0.1, -0.05) is 50.1 Å². The molecule has 4 nitrogen and oxygen atoms in total. The highest BCUT2D eigenvalue weighted by Gasteiger charge is 2.21. The Morgan fingerprint density at radius 3 is 2.56 bits per heavy atom. The summed E-state index contributed by atoms with van der Waals surface area (Å²) in [5.41, 5.74) is 1.13. The molecule has 2 N–H and O–H groups in total. The molecule has 1 aliphatic rings. The Morgan fingerprint density at radius 2 is 1.92 bits per heavy atom. The highest BCUT2D eigenvalue weighted by atomic mass is 32.2. The lowest BCUT2D eigenvalue weighted by Crippen LogP contribution is -2.45. The molecule has 0 aliphatic heterocycles. The number of benzene rings is 1. The number of hydrogen-bond donors (Lipinski definition) is 2. The van der Waals surface area contributed by atoms with Crippen molar-refractivity contribution in [3.63, 3.8) is 0 Å². The van der Waals surface area contributed by atoms with Crippen LogP contribution in [-0.2, 0) is 16.6 Å². The van der Waals surface area contributed by atoms with Crippen molar-refractivity contribution < 1.29 is 4.21 Å². The monoisotopic (exact) mass is 363 g/mol. The van der Waals surface area contributed by atoms with Crippen LogP contribution >= 0.6 is 0 Å². The van der Waals surface area contributed by atoms with E-state index in [1.807, 2.05) is 30.3 Å². The summed E-state index contributed by atoms with van der Waals surface area (Å²) in [6, 6.07) is 10.5. The van der Waals surface area contributed by atoms with Crippen LogP contribution < -0.4 is 10.6 Å². The summed E-state index contributed by atoms with van der Waals surface area (Å²) in [6.07, 6.45) is 7.77. The molecule has 0 saturated heterocycles. The first-order chi connectivity index (χ1) is 12.2. The van der Waals surface area contributed by atoms with Crippen molar-refractivity contribution in [2.45, 2.75) is 57.2 Å². The topological polar surface area (TPSA) is 53.5 Å². The fourth-order valence-corrected chi connectivity index (χ4v) is 4.55. The van der Waals surface area contributed by atoms with Gasteiger partial charge in [-0.15, -0.1) is 0 Å². The molecule has 5 heteroatoms. The molecule has 0 radical (unpaired) electrons. The fraction of sp³-hybridized carbons (Fsp3) is 0.650. The van der Waals surface area contributed by atoms with E-state index in [1.165, 1.54) is 38.5 Å². The van der Waals surface area contributed by atoms with E-state index in [0.717, 1.165) is 17.4 Å². The fourth-order valence-electron chi connectivity index (χ4n) is 3.51. The van der Waals surface area contributed by atoms with Crippen molar-refractivity contribution >= 4 is 16.8 Å². The second-order valence-corrected chi connectivity index (χ2v) is 8.50. The predicted octanol–water partition coefficient (Wildman–Crippen LogP) is 3.46. The third-order valence-corrected chi connectivity index (χ3v) is 6.22. The number of aliphatic imine (C=N–C) groups is 1. The summed E-state index contributed by atoms with van der Waals surface area (Å²) in [6.45, 7) is 2.96. The van der Waals surface area contributed by atoms with Gasteiger partial charge in [-0.2, -0.15) is 0 Å². The van der Waals surface area contributed by atoms with Crippen molar-refractivity contribution in [2.24, 2.45) is 10.9 Å². The molecule has 1 fully saturated rings. The first-order valence-electron chi connectivity index (χ1n) is 9.57. The van der Waals surface area contributed by atoms with E-state index in [9.17, 15) is 4.21 Å². The Labute approximate surface area is 155 Å². The number of hydrogen-bond acceptors (Lipinski definition) is 2. The van der Waals surface area contributed by atoms with Gasteiger partial charge >= 0.3 is 0 Å². The SMILES string of the molecule is CCCC1CCC(NC(=NC)NCCS(=O)Cc2ccccc2)CC1. The Kier molecular flexibility index (Phi) is 9.02. The van der Waals surface area contributed by atoms with Gasteiger partial charge in [0.2, 0.25) is 0 Å². The Balaban J connectivity index is 1.64. The van der Waals surface area contributed by atoms with Gasteiger partial charge in [0, 0.05) is 41.9 Å². The molecule has 1 saturated carbocycles. The zero-order chi connectivity index (χ0) is 17.9. The quantitative estimate of drug-likeness (QED) is 0.549. The van der Waals surface area contributed by atoms with Crippen LogP contribution in [0.15, 0.2) is 35.3 Å². The second-order valence-electron chi connectivity index (χ2n) is 6.92. The molecule has 1 aliphatic carbocycles. The van der Waals surface area contributed by atoms with E-state index in [-0.39, 0.29) is 0 Å². The highest BCUT2D eigenvalue weighted by molar-refractivity contribution is 7.84. The van der Waals surface area contributed by atoms with Crippen LogP contribution in [0.5, 0.6) is 0 Å². The smallest absolute Gasteiger partial charge is 0.191 e. The number of guanidine groups is 1. The minimum Gasteiger partial charge on any atom is -0.355 e. The third kappa shape index (κ3) is 7.59. The average molecular weight is 364 g/mol. The molecule has 0 aromatic heterocycles. The Hall–Kier alpha value is -1.36. The van der Waals surface area contributed by atoms with Crippen LogP contribution in [0.25, 0.3) is 0 Å². The molecule has 1 aromatic rings. The first kappa shape index (κ1) is 20.0. The van der Waals surface area contributed by atoms with Gasteiger partial charge in [0.25, 0.3) is 0 Å². The van der Waals surface area contributed by atoms with Crippen molar-refractivity contribution in [3.8, 4) is 0 Å². The number of nitrogens with zero attached hydrogens (tertiary/aromatic N) is 1. The summed E-state index contributed by atoms with van der Waals surface area (Å²) in [5, 5.41) is 6.85. The maximum Gasteiger partial charge on any atom is 0.191 e. The Morgan fingerprint density at radius 1 is 1.20 bits per heavy atom. The zero-order valence-corrected chi connectivity index (χ0v) is 16.5. The van der Waals surface area contributed by atoms with Gasteiger partial charge < -0.3 is 10.6 Å². The van der Waals surface area contributed by atoms with Gasteiger partial charge in [-0.3, -0.25) is 9.20 Å². The molecule has 0 spiro atoms. The molecule has 0 heterocycles. The van der Waals surface area contributed by atoms with E-state index in [2.05, 4.69) is 22.5 Å². The zero-order valence-electron chi connectivity index (χ0n) is 15.7. The van der Waals surface area contributed by atoms with E-state index < -0.39 is 10.8 Å². The Bertz CT molecular complexity index is 539. The molecule has 0 amide bonds.